The van der Waals surface area contributed by atoms with Crippen LogP contribution in [0.2, 0.25) is 0 Å². The zero-order chi connectivity index (χ0) is 18.9. The number of benzene rings is 2. The van der Waals surface area contributed by atoms with Gasteiger partial charge >= 0.3 is 0 Å². The van der Waals surface area contributed by atoms with Gasteiger partial charge in [-0.1, -0.05) is 23.8 Å². The van der Waals surface area contributed by atoms with E-state index >= 15 is 0 Å². The number of aryl methyl sites for hydroxylation is 1. The van der Waals surface area contributed by atoms with Crippen molar-refractivity contribution in [3.8, 4) is 0 Å². The van der Waals surface area contributed by atoms with Crippen LogP contribution in [0.3, 0.4) is 0 Å². The Balaban J connectivity index is 2.02. The number of hydrogen-bond donors (Lipinski definition) is 2. The molecule has 0 aliphatic carbocycles. The number of methoxy groups -OCH3 is 1. The van der Waals surface area contributed by atoms with Crippen molar-refractivity contribution in [3.63, 3.8) is 0 Å². The number of amides is 2. The van der Waals surface area contributed by atoms with E-state index in [0.717, 1.165) is 11.1 Å². The smallest absolute Gasteiger partial charge is 0.255 e. The van der Waals surface area contributed by atoms with Gasteiger partial charge in [0.1, 0.15) is 6.61 Å². The van der Waals surface area contributed by atoms with Gasteiger partial charge in [-0.3, -0.25) is 9.59 Å². The van der Waals surface area contributed by atoms with Gasteiger partial charge < -0.3 is 20.1 Å². The van der Waals surface area contributed by atoms with Gasteiger partial charge in [0.25, 0.3) is 5.91 Å². The summed E-state index contributed by atoms with van der Waals surface area (Å²) in [4.78, 5) is 24.4. The zero-order valence-electron chi connectivity index (χ0n) is 15.3. The molecule has 6 nitrogen and oxygen atoms in total. The highest BCUT2D eigenvalue weighted by Gasteiger charge is 2.11. The van der Waals surface area contributed by atoms with Crippen LogP contribution in [0.5, 0.6) is 0 Å². The molecule has 0 fully saturated rings. The fourth-order valence-electron chi connectivity index (χ4n) is 2.38. The lowest BCUT2D eigenvalue weighted by molar-refractivity contribution is -0.121. The van der Waals surface area contributed by atoms with Crippen molar-refractivity contribution >= 4 is 23.2 Å². The minimum atomic E-state index is -0.258. The van der Waals surface area contributed by atoms with Crippen molar-refractivity contribution < 1.29 is 19.1 Å². The van der Waals surface area contributed by atoms with Gasteiger partial charge in [0.15, 0.2) is 0 Å². The summed E-state index contributed by atoms with van der Waals surface area (Å²) in [5.41, 5.74) is 3.66. The van der Waals surface area contributed by atoms with E-state index in [1.54, 1.807) is 31.4 Å². The number of anilines is 2. The van der Waals surface area contributed by atoms with Crippen molar-refractivity contribution in [2.24, 2.45) is 0 Å². The lowest BCUT2D eigenvalue weighted by atomic mass is 10.1. The van der Waals surface area contributed by atoms with Gasteiger partial charge in [0.05, 0.1) is 13.2 Å². The predicted molar refractivity (Wildman–Crippen MR) is 102 cm³/mol. The fourth-order valence-corrected chi connectivity index (χ4v) is 2.38. The summed E-state index contributed by atoms with van der Waals surface area (Å²) in [5.74, 6) is -0.450. The van der Waals surface area contributed by atoms with Crippen molar-refractivity contribution in [2.45, 2.75) is 13.8 Å². The molecule has 0 saturated carbocycles. The van der Waals surface area contributed by atoms with Crippen molar-refractivity contribution in [1.29, 1.82) is 0 Å². The monoisotopic (exact) mass is 356 g/mol. The third-order valence-corrected chi connectivity index (χ3v) is 3.80. The Labute approximate surface area is 153 Å². The maximum atomic E-state index is 12.4. The van der Waals surface area contributed by atoms with Crippen LogP contribution < -0.4 is 10.6 Å². The molecule has 0 aliphatic rings. The van der Waals surface area contributed by atoms with E-state index in [2.05, 4.69) is 10.6 Å². The Morgan fingerprint density at radius 2 is 1.65 bits per heavy atom. The van der Waals surface area contributed by atoms with Crippen LogP contribution in [0.4, 0.5) is 11.4 Å². The Morgan fingerprint density at radius 1 is 0.962 bits per heavy atom. The molecule has 0 atom stereocenters. The minimum Gasteiger partial charge on any atom is -0.382 e. The van der Waals surface area contributed by atoms with E-state index < -0.39 is 0 Å². The second kappa shape index (κ2) is 9.70. The Morgan fingerprint density at radius 3 is 2.35 bits per heavy atom. The van der Waals surface area contributed by atoms with Crippen LogP contribution in [-0.4, -0.2) is 38.7 Å². The molecule has 0 saturated heterocycles. The molecule has 2 aromatic rings. The number of nitrogens with one attached hydrogen (secondary N) is 2. The van der Waals surface area contributed by atoms with Crippen LogP contribution in [0.1, 0.15) is 21.5 Å². The third kappa shape index (κ3) is 5.68. The number of ether oxygens (including phenoxy) is 2. The number of hydrogen-bond acceptors (Lipinski definition) is 4. The Kier molecular flexibility index (Phi) is 7.32. The molecular formula is C20H24N2O4. The van der Waals surface area contributed by atoms with Gasteiger partial charge in [0, 0.05) is 24.0 Å². The number of carbonyl (C=O) groups excluding carboxylic acids is 2. The van der Waals surface area contributed by atoms with Gasteiger partial charge in [0.2, 0.25) is 5.91 Å². The van der Waals surface area contributed by atoms with E-state index in [1.807, 2.05) is 32.0 Å². The Hall–Kier alpha value is -2.70. The van der Waals surface area contributed by atoms with E-state index in [1.165, 1.54) is 0 Å². The first-order valence-corrected chi connectivity index (χ1v) is 8.35. The second-order valence-electron chi connectivity index (χ2n) is 5.90. The highest BCUT2D eigenvalue weighted by atomic mass is 16.5. The maximum Gasteiger partial charge on any atom is 0.255 e. The molecule has 2 aromatic carbocycles. The second-order valence-corrected chi connectivity index (χ2v) is 5.90. The van der Waals surface area contributed by atoms with Gasteiger partial charge in [-0.05, 0) is 43.7 Å². The number of carbonyl (C=O) groups is 2. The number of rotatable bonds is 8. The van der Waals surface area contributed by atoms with Crippen LogP contribution in [-0.2, 0) is 14.3 Å². The van der Waals surface area contributed by atoms with Crippen molar-refractivity contribution in [1.82, 2.24) is 0 Å². The van der Waals surface area contributed by atoms with Crippen LogP contribution >= 0.6 is 0 Å². The minimum absolute atomic E-state index is 0.0529. The lowest BCUT2D eigenvalue weighted by Gasteiger charge is -2.14. The van der Waals surface area contributed by atoms with E-state index in [4.69, 9.17) is 9.47 Å². The molecule has 0 bridgehead atoms. The third-order valence-electron chi connectivity index (χ3n) is 3.80. The topological polar surface area (TPSA) is 76.7 Å². The molecule has 2 N–H and O–H groups in total. The fraction of sp³-hybridized carbons (Fsp3) is 0.300. The molecule has 0 unspecified atom stereocenters. The molecule has 0 radical (unpaired) electrons. The van der Waals surface area contributed by atoms with Gasteiger partial charge in [-0.2, -0.15) is 0 Å². The molecule has 2 rings (SSSR count). The standard InChI is InChI=1S/C20H24N2O4/c1-14-6-4-7-16(12-14)20(24)22-18-9-5-8-17(15(18)2)21-19(23)13-26-11-10-25-3/h4-9,12H,10-11,13H2,1-3H3,(H,21,23)(H,22,24). The largest absolute Gasteiger partial charge is 0.382 e. The van der Waals surface area contributed by atoms with E-state index in [0.29, 0.717) is 30.2 Å². The van der Waals surface area contributed by atoms with Crippen LogP contribution in [0.15, 0.2) is 42.5 Å². The van der Waals surface area contributed by atoms with Gasteiger partial charge in [-0.15, -0.1) is 0 Å². The average Bonchev–Trinajstić information content (AvgIpc) is 2.62. The summed E-state index contributed by atoms with van der Waals surface area (Å²) in [6, 6.07) is 12.7. The summed E-state index contributed by atoms with van der Waals surface area (Å²) in [7, 11) is 1.57. The molecule has 0 aliphatic heterocycles. The molecule has 6 heteroatoms. The predicted octanol–water partition coefficient (Wildman–Crippen LogP) is 3.16. The molecule has 26 heavy (non-hydrogen) atoms. The summed E-state index contributed by atoms with van der Waals surface area (Å²) < 4.78 is 10.1. The van der Waals surface area contributed by atoms with Crippen LogP contribution in [0, 0.1) is 13.8 Å². The highest BCUT2D eigenvalue weighted by Crippen LogP contribution is 2.24. The normalized spacial score (nSPS) is 10.4. The molecule has 138 valence electrons. The maximum absolute atomic E-state index is 12.4. The molecule has 2 amide bonds. The first kappa shape index (κ1) is 19.6. The van der Waals surface area contributed by atoms with E-state index in [9.17, 15) is 9.59 Å². The molecular weight excluding hydrogens is 332 g/mol. The first-order valence-electron chi connectivity index (χ1n) is 8.35. The Bertz CT molecular complexity index is 774. The van der Waals surface area contributed by atoms with Crippen LogP contribution in [0.25, 0.3) is 0 Å². The zero-order valence-corrected chi connectivity index (χ0v) is 15.3. The average molecular weight is 356 g/mol. The summed E-state index contributed by atoms with van der Waals surface area (Å²) >= 11 is 0. The summed E-state index contributed by atoms with van der Waals surface area (Å²) in [6.45, 7) is 4.52. The van der Waals surface area contributed by atoms with E-state index in [-0.39, 0.29) is 18.4 Å². The SMILES string of the molecule is COCCOCC(=O)Nc1cccc(NC(=O)c2cccc(C)c2)c1C. The molecule has 0 heterocycles. The quantitative estimate of drug-likeness (QED) is 0.713. The van der Waals surface area contributed by atoms with Crippen molar-refractivity contribution in [2.75, 3.05) is 37.6 Å². The van der Waals surface area contributed by atoms with Gasteiger partial charge in [-0.25, -0.2) is 0 Å². The molecule has 0 aromatic heterocycles. The highest BCUT2D eigenvalue weighted by molar-refractivity contribution is 6.05. The van der Waals surface area contributed by atoms with Crippen molar-refractivity contribution in [3.05, 3.63) is 59.2 Å². The lowest BCUT2D eigenvalue weighted by Crippen LogP contribution is -2.20. The summed E-state index contributed by atoms with van der Waals surface area (Å²) in [6.07, 6.45) is 0. The summed E-state index contributed by atoms with van der Waals surface area (Å²) in [5, 5.41) is 5.68. The molecule has 0 spiro atoms. The first-order chi connectivity index (χ1) is 12.5.